The van der Waals surface area contributed by atoms with Gasteiger partial charge in [0, 0.05) is 6.54 Å². The van der Waals surface area contributed by atoms with Gasteiger partial charge in [-0.25, -0.2) is 13.2 Å². The molecule has 0 bridgehead atoms. The zero-order chi connectivity index (χ0) is 15.3. The van der Waals surface area contributed by atoms with Crippen LogP contribution in [0.5, 0.6) is 0 Å². The summed E-state index contributed by atoms with van der Waals surface area (Å²) in [6.45, 7) is 2.75. The highest BCUT2D eigenvalue weighted by Gasteiger charge is 2.26. The number of hydrogen-bond acceptors (Lipinski definition) is 5. The number of carbonyl (C=O) groups is 1. The Morgan fingerprint density at radius 3 is 2.62 bits per heavy atom. The van der Waals surface area contributed by atoms with Crippen LogP contribution in [-0.4, -0.2) is 38.6 Å². The number of benzene rings is 1. The van der Waals surface area contributed by atoms with Gasteiger partial charge in [-0.2, -0.15) is 0 Å². The fourth-order valence-electron chi connectivity index (χ4n) is 2.04. The van der Waals surface area contributed by atoms with Gasteiger partial charge in [-0.15, -0.1) is 0 Å². The summed E-state index contributed by atoms with van der Waals surface area (Å²) in [4.78, 5) is 16.9. The van der Waals surface area contributed by atoms with Gasteiger partial charge in [-0.3, -0.25) is 4.84 Å². The van der Waals surface area contributed by atoms with E-state index in [-0.39, 0.29) is 11.5 Å². The van der Waals surface area contributed by atoms with E-state index in [0.717, 1.165) is 23.7 Å². The summed E-state index contributed by atoms with van der Waals surface area (Å²) in [5.41, 5.74) is 0.326. The van der Waals surface area contributed by atoms with Crippen LogP contribution in [0.15, 0.2) is 29.2 Å². The maximum absolute atomic E-state index is 12.4. The summed E-state index contributed by atoms with van der Waals surface area (Å²) in [5.74, 6) is -0.465. The third-order valence-electron chi connectivity index (χ3n) is 3.15. The zero-order valence-electron chi connectivity index (χ0n) is 11.9. The number of sulfonamides is 1. The normalized spacial score (nSPS) is 17.2. The summed E-state index contributed by atoms with van der Waals surface area (Å²) in [6, 6.07) is 5.69. The zero-order valence-corrected chi connectivity index (χ0v) is 12.8. The van der Waals surface area contributed by atoms with Crippen LogP contribution >= 0.6 is 0 Å². The Bertz CT molecular complexity index is 574. The number of carbonyl (C=O) groups excluding carboxylic acids is 1. The molecule has 0 amide bonds. The van der Waals surface area contributed by atoms with Crippen LogP contribution in [0.3, 0.4) is 0 Å². The monoisotopic (exact) mass is 313 g/mol. The van der Waals surface area contributed by atoms with Crippen molar-refractivity contribution in [1.29, 1.82) is 0 Å². The summed E-state index contributed by atoms with van der Waals surface area (Å²) in [7, 11) is -3.68. The van der Waals surface area contributed by atoms with Crippen LogP contribution in [0.2, 0.25) is 0 Å². The maximum atomic E-state index is 12.4. The molecule has 0 radical (unpaired) electrons. The average molecular weight is 313 g/mol. The molecule has 7 heteroatoms. The first-order valence-corrected chi connectivity index (χ1v) is 8.42. The van der Waals surface area contributed by atoms with E-state index in [9.17, 15) is 13.2 Å². The van der Waals surface area contributed by atoms with Crippen LogP contribution in [-0.2, 0) is 19.6 Å². The number of hydroxylamine groups is 1. The van der Waals surface area contributed by atoms with E-state index in [1.807, 2.05) is 0 Å². The van der Waals surface area contributed by atoms with E-state index >= 15 is 0 Å². The van der Waals surface area contributed by atoms with Gasteiger partial charge >= 0.3 is 5.97 Å². The van der Waals surface area contributed by atoms with E-state index < -0.39 is 16.0 Å². The highest BCUT2D eigenvalue weighted by molar-refractivity contribution is 7.89. The number of esters is 1. The predicted molar refractivity (Wildman–Crippen MR) is 76.1 cm³/mol. The number of hydrogen-bond donors (Lipinski definition) is 0. The molecule has 1 aromatic rings. The van der Waals surface area contributed by atoms with Gasteiger partial charge in [0.1, 0.15) is 0 Å². The highest BCUT2D eigenvalue weighted by atomic mass is 32.2. The summed E-state index contributed by atoms with van der Waals surface area (Å²) >= 11 is 0. The third-order valence-corrected chi connectivity index (χ3v) is 4.84. The molecule has 0 atom stereocenters. The Labute approximate surface area is 124 Å². The molecular weight excluding hydrogens is 294 g/mol. The molecule has 116 valence electrons. The fourth-order valence-corrected chi connectivity index (χ4v) is 3.33. The number of ether oxygens (including phenoxy) is 1. The summed E-state index contributed by atoms with van der Waals surface area (Å²) < 4.78 is 30.8. The molecular formula is C14H19NO5S. The molecule has 1 heterocycles. The Morgan fingerprint density at radius 2 is 1.95 bits per heavy atom. The second-order valence-electron chi connectivity index (χ2n) is 4.67. The molecule has 1 fully saturated rings. The van der Waals surface area contributed by atoms with Crippen molar-refractivity contribution in [3.63, 3.8) is 0 Å². The van der Waals surface area contributed by atoms with Crippen LogP contribution < -0.4 is 0 Å². The Morgan fingerprint density at radius 1 is 1.24 bits per heavy atom. The molecule has 0 spiro atoms. The summed E-state index contributed by atoms with van der Waals surface area (Å²) in [6.07, 6.45) is 2.59. The van der Waals surface area contributed by atoms with Crippen LogP contribution in [0.25, 0.3) is 0 Å². The SMILES string of the molecule is CCOC(=O)c1ccc(S(=O)(=O)N2CCCCCO2)cc1. The molecule has 6 nitrogen and oxygen atoms in total. The fraction of sp³-hybridized carbons (Fsp3) is 0.500. The van der Waals surface area contributed by atoms with Crippen molar-refractivity contribution < 1.29 is 22.8 Å². The Kier molecular flexibility index (Phi) is 5.33. The van der Waals surface area contributed by atoms with Crippen molar-refractivity contribution in [2.24, 2.45) is 0 Å². The predicted octanol–water partition coefficient (Wildman–Crippen LogP) is 1.97. The van der Waals surface area contributed by atoms with Crippen LogP contribution in [0.1, 0.15) is 36.5 Å². The lowest BCUT2D eigenvalue weighted by Gasteiger charge is -2.19. The molecule has 1 aliphatic rings. The second-order valence-corrected chi connectivity index (χ2v) is 6.50. The standard InChI is InChI=1S/C14H19NO5S/c1-2-19-14(16)12-6-8-13(9-7-12)21(17,18)15-10-4-3-5-11-20-15/h6-9H,2-5,10-11H2,1H3. The minimum absolute atomic E-state index is 0.109. The van der Waals surface area contributed by atoms with Crippen molar-refractivity contribution >= 4 is 16.0 Å². The van der Waals surface area contributed by atoms with E-state index in [0.29, 0.717) is 18.7 Å². The van der Waals surface area contributed by atoms with Gasteiger partial charge in [-0.05, 0) is 50.5 Å². The van der Waals surface area contributed by atoms with Gasteiger partial charge in [0.15, 0.2) is 0 Å². The maximum Gasteiger partial charge on any atom is 0.338 e. The van der Waals surface area contributed by atoms with E-state index in [1.165, 1.54) is 24.3 Å². The second kappa shape index (κ2) is 7.02. The first kappa shape index (κ1) is 15.9. The van der Waals surface area contributed by atoms with Crippen molar-refractivity contribution in [1.82, 2.24) is 4.47 Å². The lowest BCUT2D eigenvalue weighted by Crippen LogP contribution is -2.31. The molecule has 21 heavy (non-hydrogen) atoms. The lowest BCUT2D eigenvalue weighted by molar-refractivity contribution is -0.0748. The van der Waals surface area contributed by atoms with Gasteiger partial charge in [0.2, 0.25) is 0 Å². The molecule has 0 unspecified atom stereocenters. The van der Waals surface area contributed by atoms with Gasteiger partial charge in [-0.1, -0.05) is 4.47 Å². The van der Waals surface area contributed by atoms with Crippen molar-refractivity contribution in [2.75, 3.05) is 19.8 Å². The molecule has 2 rings (SSSR count). The minimum atomic E-state index is -3.68. The average Bonchev–Trinajstić information content (AvgIpc) is 2.77. The van der Waals surface area contributed by atoms with Crippen molar-refractivity contribution in [3.8, 4) is 0 Å². The number of nitrogens with zero attached hydrogens (tertiary/aromatic N) is 1. The molecule has 0 aliphatic carbocycles. The Hall–Kier alpha value is -1.44. The first-order chi connectivity index (χ1) is 10.1. The molecule has 0 aromatic heterocycles. The van der Waals surface area contributed by atoms with E-state index in [1.54, 1.807) is 6.92 Å². The van der Waals surface area contributed by atoms with Crippen LogP contribution in [0.4, 0.5) is 0 Å². The topological polar surface area (TPSA) is 72.9 Å². The smallest absolute Gasteiger partial charge is 0.338 e. The molecule has 1 aromatic carbocycles. The highest BCUT2D eigenvalue weighted by Crippen LogP contribution is 2.20. The van der Waals surface area contributed by atoms with Gasteiger partial charge in [0.25, 0.3) is 10.0 Å². The van der Waals surface area contributed by atoms with Gasteiger partial charge in [0.05, 0.1) is 23.7 Å². The quantitative estimate of drug-likeness (QED) is 0.795. The molecule has 0 N–H and O–H groups in total. The molecule has 0 saturated carbocycles. The Balaban J connectivity index is 2.18. The first-order valence-electron chi connectivity index (χ1n) is 6.98. The minimum Gasteiger partial charge on any atom is -0.462 e. The van der Waals surface area contributed by atoms with Crippen molar-refractivity contribution in [3.05, 3.63) is 29.8 Å². The molecule has 1 aliphatic heterocycles. The van der Waals surface area contributed by atoms with Gasteiger partial charge < -0.3 is 4.74 Å². The number of rotatable bonds is 4. The van der Waals surface area contributed by atoms with E-state index in [2.05, 4.69) is 0 Å². The van der Waals surface area contributed by atoms with Crippen molar-refractivity contribution in [2.45, 2.75) is 31.1 Å². The van der Waals surface area contributed by atoms with Crippen LogP contribution in [0, 0.1) is 0 Å². The largest absolute Gasteiger partial charge is 0.462 e. The molecule has 1 saturated heterocycles. The van der Waals surface area contributed by atoms with E-state index in [4.69, 9.17) is 9.57 Å². The third kappa shape index (κ3) is 3.81. The summed E-state index contributed by atoms with van der Waals surface area (Å²) in [5, 5.41) is 0. The lowest BCUT2D eigenvalue weighted by atomic mass is 10.2.